The number of hydrogen-bond acceptors (Lipinski definition) is 4. The Bertz CT molecular complexity index is 1050. The van der Waals surface area contributed by atoms with Gasteiger partial charge in [0.15, 0.2) is 0 Å². The maximum absolute atomic E-state index is 12.3. The van der Waals surface area contributed by atoms with Gasteiger partial charge in [0.2, 0.25) is 15.9 Å². The van der Waals surface area contributed by atoms with E-state index in [2.05, 4.69) is 37.2 Å². The van der Waals surface area contributed by atoms with Gasteiger partial charge in [-0.05, 0) is 48.9 Å². The van der Waals surface area contributed by atoms with Crippen molar-refractivity contribution in [2.45, 2.75) is 11.8 Å². The number of hydrogen-bond donors (Lipinski definition) is 3. The van der Waals surface area contributed by atoms with Crippen LogP contribution in [-0.4, -0.2) is 33.3 Å². The van der Waals surface area contributed by atoms with E-state index in [1.54, 1.807) is 12.1 Å². The van der Waals surface area contributed by atoms with Crippen LogP contribution in [-0.2, 0) is 14.8 Å². The molecule has 0 saturated heterocycles. The summed E-state index contributed by atoms with van der Waals surface area (Å²) in [7, 11) is -3.81. The third-order valence-corrected chi connectivity index (χ3v) is 5.53. The first-order valence-corrected chi connectivity index (χ1v) is 10.4. The van der Waals surface area contributed by atoms with Crippen LogP contribution >= 0.6 is 15.9 Å². The van der Waals surface area contributed by atoms with E-state index in [1.807, 2.05) is 13.0 Å². The fourth-order valence-corrected chi connectivity index (χ4v) is 3.70. The number of carbonyl (C=O) groups is 2. The first-order valence-electron chi connectivity index (χ1n) is 8.10. The molecule has 7 nitrogen and oxygen atoms in total. The molecule has 9 heteroatoms. The fraction of sp³-hybridized carbons (Fsp3) is 0.158. The Hall–Kier alpha value is -2.67. The van der Waals surface area contributed by atoms with Gasteiger partial charge < -0.3 is 10.6 Å². The van der Waals surface area contributed by atoms with E-state index in [9.17, 15) is 18.0 Å². The second-order valence-corrected chi connectivity index (χ2v) is 8.43. The maximum atomic E-state index is 12.3. The lowest BCUT2D eigenvalue weighted by atomic mass is 10.2. The highest BCUT2D eigenvalue weighted by Crippen LogP contribution is 2.19. The van der Waals surface area contributed by atoms with Crippen LogP contribution in [0.2, 0.25) is 0 Å². The summed E-state index contributed by atoms with van der Waals surface area (Å²) in [5.41, 5.74) is 1.61. The van der Waals surface area contributed by atoms with Crippen molar-refractivity contribution in [3.63, 3.8) is 0 Å². The first-order chi connectivity index (χ1) is 13.2. The van der Waals surface area contributed by atoms with Crippen LogP contribution in [0, 0.1) is 19.3 Å². The van der Waals surface area contributed by atoms with Crippen LogP contribution in [0.25, 0.3) is 0 Å². The van der Waals surface area contributed by atoms with Crippen molar-refractivity contribution in [2.24, 2.45) is 0 Å². The summed E-state index contributed by atoms with van der Waals surface area (Å²) in [6.45, 7) is 1.42. The summed E-state index contributed by atoms with van der Waals surface area (Å²) >= 11 is 3.35. The monoisotopic (exact) mass is 463 g/mol. The highest BCUT2D eigenvalue weighted by atomic mass is 79.9. The number of benzene rings is 2. The molecule has 0 radical (unpaired) electrons. The molecule has 0 aliphatic carbocycles. The normalized spacial score (nSPS) is 10.8. The number of amides is 2. The minimum absolute atomic E-state index is 0.0923. The number of aryl methyl sites for hydroxylation is 1. The molecule has 0 atom stereocenters. The van der Waals surface area contributed by atoms with E-state index in [0.717, 1.165) is 10.0 Å². The molecule has 0 saturated carbocycles. The molecule has 0 spiro atoms. The van der Waals surface area contributed by atoms with Gasteiger partial charge in [-0.3, -0.25) is 9.59 Å². The molecule has 0 fully saturated rings. The summed E-state index contributed by atoms with van der Waals surface area (Å²) < 4.78 is 27.3. The maximum Gasteiger partial charge on any atom is 0.251 e. The summed E-state index contributed by atoms with van der Waals surface area (Å²) in [5, 5.41) is 5.17. The molecular weight excluding hydrogens is 446 g/mol. The van der Waals surface area contributed by atoms with Crippen molar-refractivity contribution in [1.82, 2.24) is 10.0 Å². The quantitative estimate of drug-likeness (QED) is 0.546. The van der Waals surface area contributed by atoms with E-state index < -0.39 is 21.8 Å². The van der Waals surface area contributed by atoms with Crippen LogP contribution in [0.1, 0.15) is 15.9 Å². The van der Waals surface area contributed by atoms with Crippen LogP contribution in [0.4, 0.5) is 5.69 Å². The Morgan fingerprint density at radius 2 is 1.93 bits per heavy atom. The summed E-state index contributed by atoms with van der Waals surface area (Å²) in [6.07, 6.45) is 5.05. The average Bonchev–Trinajstić information content (AvgIpc) is 2.67. The standard InChI is InChI=1S/C19H18BrN3O4S/c1-3-9-22-28(26,27)16-6-4-5-14(11-16)19(25)21-12-18(24)23-17-8-7-15(20)10-13(17)2/h1,4-8,10-11,22H,9,12H2,2H3,(H,21,25)(H,23,24). The minimum Gasteiger partial charge on any atom is -0.343 e. The smallest absolute Gasteiger partial charge is 0.251 e. The number of terminal acetylenes is 1. The van der Waals surface area contributed by atoms with Gasteiger partial charge in [0.25, 0.3) is 5.91 Å². The average molecular weight is 464 g/mol. The lowest BCUT2D eigenvalue weighted by Crippen LogP contribution is -2.33. The molecule has 3 N–H and O–H groups in total. The largest absolute Gasteiger partial charge is 0.343 e. The predicted molar refractivity (Wildman–Crippen MR) is 110 cm³/mol. The second-order valence-electron chi connectivity index (χ2n) is 5.75. The number of anilines is 1. The fourth-order valence-electron chi connectivity index (χ4n) is 2.25. The molecule has 2 amide bonds. The van der Waals surface area contributed by atoms with Gasteiger partial charge in [0.1, 0.15) is 0 Å². The third kappa shape index (κ3) is 5.92. The molecule has 2 aromatic carbocycles. The van der Waals surface area contributed by atoms with Gasteiger partial charge in [-0.25, -0.2) is 8.42 Å². The molecule has 0 aromatic heterocycles. The van der Waals surface area contributed by atoms with E-state index in [1.165, 1.54) is 24.3 Å². The predicted octanol–water partition coefficient (Wildman–Crippen LogP) is 2.04. The SMILES string of the molecule is C#CCNS(=O)(=O)c1cccc(C(=O)NCC(=O)Nc2ccc(Br)cc2C)c1. The van der Waals surface area contributed by atoms with Gasteiger partial charge >= 0.3 is 0 Å². The Kier molecular flexibility index (Phi) is 7.34. The molecule has 0 aliphatic heterocycles. The summed E-state index contributed by atoms with van der Waals surface area (Å²) in [6, 6.07) is 10.8. The molecule has 146 valence electrons. The van der Waals surface area contributed by atoms with Crippen LogP contribution in [0.3, 0.4) is 0 Å². The van der Waals surface area contributed by atoms with Gasteiger partial charge in [-0.2, -0.15) is 4.72 Å². The van der Waals surface area contributed by atoms with Crippen molar-refractivity contribution in [3.05, 3.63) is 58.1 Å². The van der Waals surface area contributed by atoms with Crippen LogP contribution in [0.5, 0.6) is 0 Å². The van der Waals surface area contributed by atoms with Crippen molar-refractivity contribution in [2.75, 3.05) is 18.4 Å². The number of carbonyl (C=O) groups excluding carboxylic acids is 2. The van der Waals surface area contributed by atoms with E-state index >= 15 is 0 Å². The van der Waals surface area contributed by atoms with Crippen molar-refractivity contribution in [1.29, 1.82) is 0 Å². The lowest BCUT2D eigenvalue weighted by molar-refractivity contribution is -0.115. The molecule has 0 bridgehead atoms. The summed E-state index contributed by atoms with van der Waals surface area (Å²) in [5.74, 6) is 1.20. The molecule has 28 heavy (non-hydrogen) atoms. The van der Waals surface area contributed by atoms with Crippen LogP contribution in [0.15, 0.2) is 51.8 Å². The molecule has 0 aliphatic rings. The summed E-state index contributed by atoms with van der Waals surface area (Å²) in [4.78, 5) is 24.2. The van der Waals surface area contributed by atoms with E-state index in [-0.39, 0.29) is 23.5 Å². The third-order valence-electron chi connectivity index (χ3n) is 3.64. The molecule has 0 heterocycles. The van der Waals surface area contributed by atoms with Crippen molar-refractivity contribution < 1.29 is 18.0 Å². The topological polar surface area (TPSA) is 104 Å². The number of sulfonamides is 1. The number of nitrogens with one attached hydrogen (secondary N) is 3. The first kappa shape index (κ1) is 21.6. The van der Waals surface area contributed by atoms with E-state index in [4.69, 9.17) is 6.42 Å². The lowest BCUT2D eigenvalue weighted by Gasteiger charge is -2.10. The van der Waals surface area contributed by atoms with Crippen molar-refractivity contribution >= 4 is 43.5 Å². The minimum atomic E-state index is -3.81. The number of halogens is 1. The van der Waals surface area contributed by atoms with Crippen LogP contribution < -0.4 is 15.4 Å². The van der Waals surface area contributed by atoms with Gasteiger partial charge in [-0.15, -0.1) is 6.42 Å². The van der Waals surface area contributed by atoms with E-state index in [0.29, 0.717) is 5.69 Å². The van der Waals surface area contributed by atoms with Crippen molar-refractivity contribution in [3.8, 4) is 12.3 Å². The zero-order valence-corrected chi connectivity index (χ0v) is 17.4. The Labute approximate surface area is 172 Å². The Morgan fingerprint density at radius 3 is 2.61 bits per heavy atom. The number of rotatable bonds is 7. The highest BCUT2D eigenvalue weighted by Gasteiger charge is 2.16. The zero-order valence-electron chi connectivity index (χ0n) is 15.0. The molecular formula is C19H18BrN3O4S. The molecule has 2 rings (SSSR count). The van der Waals surface area contributed by atoms with Gasteiger partial charge in [0, 0.05) is 15.7 Å². The second kappa shape index (κ2) is 9.50. The zero-order chi connectivity index (χ0) is 20.7. The highest BCUT2D eigenvalue weighted by molar-refractivity contribution is 9.10. The van der Waals surface area contributed by atoms with Gasteiger partial charge in [0.05, 0.1) is 18.0 Å². The molecule has 2 aromatic rings. The van der Waals surface area contributed by atoms with Gasteiger partial charge in [-0.1, -0.05) is 27.9 Å². The molecule has 0 unspecified atom stereocenters. The Balaban J connectivity index is 2.00. The Morgan fingerprint density at radius 1 is 1.18 bits per heavy atom.